The molecule has 1 heterocycles. The predicted octanol–water partition coefficient (Wildman–Crippen LogP) is 4.59. The molecule has 0 radical (unpaired) electrons. The van der Waals surface area contributed by atoms with Crippen LogP contribution in [0.2, 0.25) is 18.1 Å². The maximum absolute atomic E-state index is 6.21. The van der Waals surface area contributed by atoms with Crippen molar-refractivity contribution < 1.29 is 4.43 Å². The Labute approximate surface area is 111 Å². The van der Waals surface area contributed by atoms with E-state index in [4.69, 9.17) is 4.43 Å². The van der Waals surface area contributed by atoms with Crippen LogP contribution in [0.15, 0.2) is 0 Å². The van der Waals surface area contributed by atoms with Crippen LogP contribution in [0.5, 0.6) is 0 Å². The molecule has 0 N–H and O–H groups in total. The molecule has 96 valence electrons. The first-order valence-corrected chi connectivity index (χ1v) is 11.2. The number of hydrogen-bond acceptors (Lipinski definition) is 3. The van der Waals surface area contributed by atoms with Crippen LogP contribution in [0.4, 0.5) is 0 Å². The first-order valence-electron chi connectivity index (χ1n) is 6.20. The van der Waals surface area contributed by atoms with Crippen LogP contribution in [0.3, 0.4) is 0 Å². The van der Waals surface area contributed by atoms with E-state index in [0.717, 1.165) is 11.2 Å². The molecule has 0 unspecified atom stereocenters. The Morgan fingerprint density at radius 3 is 2.25 bits per heavy atom. The molecule has 0 bridgehead atoms. The summed E-state index contributed by atoms with van der Waals surface area (Å²) in [6, 6.07) is 0. The molecule has 0 aromatic rings. The lowest BCUT2D eigenvalue weighted by Gasteiger charge is -2.36. The molecule has 1 aliphatic heterocycles. The second kappa shape index (κ2) is 6.16. The SMILES string of the molecule is CC(C)(C)[Si](C)(C)OCCC1SCCCS1. The molecule has 1 aliphatic rings. The molecule has 1 fully saturated rings. The van der Waals surface area contributed by atoms with Crippen molar-refractivity contribution in [2.24, 2.45) is 0 Å². The molecule has 0 aliphatic carbocycles. The van der Waals surface area contributed by atoms with Gasteiger partial charge in [-0.3, -0.25) is 0 Å². The second-order valence-electron chi connectivity index (χ2n) is 5.92. The third kappa shape index (κ3) is 4.63. The Hall–Kier alpha value is 0.877. The maximum atomic E-state index is 6.21. The molecule has 1 rings (SSSR count). The summed E-state index contributed by atoms with van der Waals surface area (Å²) in [5, 5.41) is 0.347. The van der Waals surface area contributed by atoms with E-state index in [9.17, 15) is 0 Å². The third-order valence-corrected chi connectivity index (χ3v) is 11.1. The van der Waals surface area contributed by atoms with Gasteiger partial charge in [0.15, 0.2) is 8.32 Å². The highest BCUT2D eigenvalue weighted by molar-refractivity contribution is 8.17. The van der Waals surface area contributed by atoms with Gasteiger partial charge < -0.3 is 4.43 Å². The third-order valence-electron chi connectivity index (χ3n) is 3.52. The van der Waals surface area contributed by atoms with E-state index in [1.807, 2.05) is 0 Å². The molecule has 0 aromatic carbocycles. The Morgan fingerprint density at radius 2 is 1.75 bits per heavy atom. The van der Waals surface area contributed by atoms with Crippen LogP contribution in [-0.4, -0.2) is 31.0 Å². The molecule has 0 amide bonds. The van der Waals surface area contributed by atoms with Gasteiger partial charge >= 0.3 is 0 Å². The first kappa shape index (κ1) is 14.9. The van der Waals surface area contributed by atoms with Crippen molar-refractivity contribution in [1.82, 2.24) is 0 Å². The molecular formula is C12H26OS2Si. The molecule has 0 spiro atoms. The second-order valence-corrected chi connectivity index (χ2v) is 13.7. The highest BCUT2D eigenvalue weighted by Crippen LogP contribution is 2.38. The molecule has 0 atom stereocenters. The summed E-state index contributed by atoms with van der Waals surface area (Å²) in [5.41, 5.74) is 0. The summed E-state index contributed by atoms with van der Waals surface area (Å²) >= 11 is 4.24. The van der Waals surface area contributed by atoms with Crippen molar-refractivity contribution in [1.29, 1.82) is 0 Å². The van der Waals surface area contributed by atoms with Crippen LogP contribution in [0.25, 0.3) is 0 Å². The minimum atomic E-state index is -1.51. The summed E-state index contributed by atoms with van der Waals surface area (Å²) in [6.45, 7) is 12.6. The van der Waals surface area contributed by atoms with Crippen LogP contribution >= 0.6 is 23.5 Å². The minimum Gasteiger partial charge on any atom is -0.417 e. The zero-order chi connectivity index (χ0) is 12.2. The number of hydrogen-bond donors (Lipinski definition) is 0. The summed E-state index contributed by atoms with van der Waals surface area (Å²) in [6.07, 6.45) is 2.61. The van der Waals surface area contributed by atoms with E-state index >= 15 is 0 Å². The molecule has 0 saturated carbocycles. The van der Waals surface area contributed by atoms with Gasteiger partial charge in [0.25, 0.3) is 0 Å². The average molecular weight is 279 g/mol. The van der Waals surface area contributed by atoms with E-state index in [1.54, 1.807) is 0 Å². The monoisotopic (exact) mass is 278 g/mol. The topological polar surface area (TPSA) is 9.23 Å². The van der Waals surface area contributed by atoms with Crippen molar-refractivity contribution in [3.05, 3.63) is 0 Å². The largest absolute Gasteiger partial charge is 0.417 e. The van der Waals surface area contributed by atoms with Gasteiger partial charge in [-0.1, -0.05) is 20.8 Å². The van der Waals surface area contributed by atoms with Gasteiger partial charge in [-0.05, 0) is 42.5 Å². The first-order chi connectivity index (χ1) is 7.33. The van der Waals surface area contributed by atoms with Gasteiger partial charge in [0, 0.05) is 6.61 Å². The van der Waals surface area contributed by atoms with Gasteiger partial charge in [-0.15, -0.1) is 23.5 Å². The molecular weight excluding hydrogens is 252 g/mol. The fourth-order valence-corrected chi connectivity index (χ4v) is 5.21. The Balaban J connectivity index is 2.23. The van der Waals surface area contributed by atoms with E-state index in [0.29, 0.717) is 5.04 Å². The fourth-order valence-electron chi connectivity index (χ4n) is 1.33. The Morgan fingerprint density at radius 1 is 1.19 bits per heavy atom. The highest BCUT2D eigenvalue weighted by Gasteiger charge is 2.37. The quantitative estimate of drug-likeness (QED) is 0.696. The van der Waals surface area contributed by atoms with Gasteiger partial charge in [-0.2, -0.15) is 0 Å². The lowest BCUT2D eigenvalue weighted by atomic mass is 10.2. The highest BCUT2D eigenvalue weighted by atomic mass is 32.2. The van der Waals surface area contributed by atoms with Crippen LogP contribution in [-0.2, 0) is 4.43 Å². The minimum absolute atomic E-state index is 0.347. The smallest absolute Gasteiger partial charge is 0.191 e. The van der Waals surface area contributed by atoms with Gasteiger partial charge in [0.1, 0.15) is 0 Å². The van der Waals surface area contributed by atoms with E-state index in [2.05, 4.69) is 57.4 Å². The van der Waals surface area contributed by atoms with Gasteiger partial charge in [-0.25, -0.2) is 0 Å². The summed E-state index contributed by atoms with van der Waals surface area (Å²) < 4.78 is 7.00. The van der Waals surface area contributed by atoms with E-state index in [1.165, 1.54) is 24.3 Å². The van der Waals surface area contributed by atoms with Crippen molar-refractivity contribution in [3.63, 3.8) is 0 Å². The van der Waals surface area contributed by atoms with Crippen molar-refractivity contribution >= 4 is 31.8 Å². The number of thioether (sulfide) groups is 2. The van der Waals surface area contributed by atoms with E-state index in [-0.39, 0.29) is 0 Å². The lowest BCUT2D eigenvalue weighted by Crippen LogP contribution is -2.41. The van der Waals surface area contributed by atoms with Crippen molar-refractivity contribution in [2.45, 2.75) is 56.3 Å². The van der Waals surface area contributed by atoms with Crippen LogP contribution in [0.1, 0.15) is 33.6 Å². The normalized spacial score (nSPS) is 20.1. The zero-order valence-electron chi connectivity index (χ0n) is 11.3. The van der Waals surface area contributed by atoms with E-state index < -0.39 is 8.32 Å². The summed E-state index contributed by atoms with van der Waals surface area (Å²) in [5.74, 6) is 2.69. The number of rotatable bonds is 4. The molecule has 16 heavy (non-hydrogen) atoms. The standard InChI is InChI=1S/C12H26OS2Si/c1-12(2,3)16(4,5)13-8-7-11-14-9-6-10-15-11/h11H,6-10H2,1-5H3. The van der Waals surface area contributed by atoms with Gasteiger partial charge in [0.2, 0.25) is 0 Å². The molecule has 4 heteroatoms. The summed E-state index contributed by atoms with van der Waals surface area (Å²) in [7, 11) is -1.51. The lowest BCUT2D eigenvalue weighted by molar-refractivity contribution is 0.287. The van der Waals surface area contributed by atoms with Crippen LogP contribution in [0, 0.1) is 0 Å². The molecule has 1 saturated heterocycles. The van der Waals surface area contributed by atoms with Gasteiger partial charge in [0.05, 0.1) is 4.58 Å². The van der Waals surface area contributed by atoms with Crippen molar-refractivity contribution in [2.75, 3.05) is 18.1 Å². The zero-order valence-corrected chi connectivity index (χ0v) is 14.0. The fraction of sp³-hybridized carbons (Fsp3) is 1.00. The maximum Gasteiger partial charge on any atom is 0.191 e. The Bertz CT molecular complexity index is 208. The van der Waals surface area contributed by atoms with Crippen LogP contribution < -0.4 is 0 Å². The molecule has 1 nitrogen and oxygen atoms in total. The van der Waals surface area contributed by atoms with Crippen molar-refractivity contribution in [3.8, 4) is 0 Å². The Kier molecular flexibility index (Phi) is 5.75. The average Bonchev–Trinajstić information content (AvgIpc) is 2.17. The predicted molar refractivity (Wildman–Crippen MR) is 81.1 cm³/mol. The molecule has 0 aromatic heterocycles. The summed E-state index contributed by atoms with van der Waals surface area (Å²) in [4.78, 5) is 0.